The van der Waals surface area contributed by atoms with Crippen LogP contribution in [0.15, 0.2) is 49.1 Å². The van der Waals surface area contributed by atoms with Gasteiger partial charge in [-0.25, -0.2) is 4.79 Å². The Labute approximate surface area is 234 Å². The molecule has 212 valence electrons. The van der Waals surface area contributed by atoms with Crippen LogP contribution in [0.25, 0.3) is 0 Å². The summed E-state index contributed by atoms with van der Waals surface area (Å²) >= 11 is 0. The summed E-state index contributed by atoms with van der Waals surface area (Å²) in [5, 5.41) is 5.85. The van der Waals surface area contributed by atoms with Gasteiger partial charge in [-0.05, 0) is 88.6 Å². The summed E-state index contributed by atoms with van der Waals surface area (Å²) in [4.78, 5) is 42.5. The third-order valence-electron chi connectivity index (χ3n) is 6.54. The van der Waals surface area contributed by atoms with Gasteiger partial charge in [-0.3, -0.25) is 9.59 Å². The molecule has 3 amide bonds. The Morgan fingerprint density at radius 1 is 0.974 bits per heavy atom. The highest BCUT2D eigenvalue weighted by Crippen LogP contribution is 2.30. The maximum atomic E-state index is 14.2. The second kappa shape index (κ2) is 13.5. The number of aryl methyl sites for hydroxylation is 3. The molecular formula is C32H45N3O4. The van der Waals surface area contributed by atoms with Crippen molar-refractivity contribution in [3.8, 4) is 0 Å². The highest BCUT2D eigenvalue weighted by Gasteiger charge is 2.37. The molecule has 0 saturated carbocycles. The fourth-order valence-electron chi connectivity index (χ4n) is 4.53. The first kappa shape index (κ1) is 31.6. The van der Waals surface area contributed by atoms with Gasteiger partial charge in [0.15, 0.2) is 0 Å². The van der Waals surface area contributed by atoms with Crippen LogP contribution in [-0.2, 0) is 14.3 Å². The van der Waals surface area contributed by atoms with Crippen molar-refractivity contribution >= 4 is 23.6 Å². The Kier molecular flexibility index (Phi) is 10.9. The number of alkyl carbamates (subject to hydrolysis) is 1. The molecule has 2 unspecified atom stereocenters. The van der Waals surface area contributed by atoms with E-state index in [4.69, 9.17) is 4.74 Å². The average Bonchev–Trinajstić information content (AvgIpc) is 2.81. The van der Waals surface area contributed by atoms with Crippen LogP contribution in [-0.4, -0.2) is 41.0 Å². The van der Waals surface area contributed by atoms with E-state index in [1.807, 2.05) is 77.9 Å². The summed E-state index contributed by atoms with van der Waals surface area (Å²) in [7, 11) is 0. The minimum atomic E-state index is -0.954. The van der Waals surface area contributed by atoms with Crippen LogP contribution in [0.5, 0.6) is 0 Å². The zero-order chi connectivity index (χ0) is 29.5. The lowest BCUT2D eigenvalue weighted by atomic mass is 9.94. The van der Waals surface area contributed by atoms with Crippen LogP contribution >= 0.6 is 0 Å². The fraction of sp³-hybridized carbons (Fsp3) is 0.469. The molecule has 0 radical (unpaired) electrons. The Hall–Kier alpha value is -3.61. The van der Waals surface area contributed by atoms with Crippen molar-refractivity contribution in [2.75, 3.05) is 11.9 Å². The number of benzene rings is 2. The molecule has 0 aliphatic carbocycles. The third-order valence-corrected chi connectivity index (χ3v) is 6.54. The molecule has 0 fully saturated rings. The highest BCUT2D eigenvalue weighted by molar-refractivity contribution is 6.00. The molecule has 0 spiro atoms. The van der Waals surface area contributed by atoms with Gasteiger partial charge in [0.1, 0.15) is 17.7 Å². The predicted octanol–water partition coefficient (Wildman–Crippen LogP) is 6.55. The summed E-state index contributed by atoms with van der Waals surface area (Å²) in [5.74, 6) is -0.615. The first-order valence-corrected chi connectivity index (χ1v) is 13.5. The van der Waals surface area contributed by atoms with E-state index in [1.165, 1.54) is 4.90 Å². The lowest BCUT2D eigenvalue weighted by molar-refractivity contribution is -0.140. The summed E-state index contributed by atoms with van der Waals surface area (Å²) in [6.45, 7) is 21.0. The second-order valence-electron chi connectivity index (χ2n) is 11.6. The number of rotatable bonds is 10. The lowest BCUT2D eigenvalue weighted by Crippen LogP contribution is -2.53. The number of anilines is 1. The largest absolute Gasteiger partial charge is 0.444 e. The van der Waals surface area contributed by atoms with Crippen LogP contribution in [0, 0.1) is 33.6 Å². The van der Waals surface area contributed by atoms with E-state index in [0.29, 0.717) is 6.42 Å². The van der Waals surface area contributed by atoms with Gasteiger partial charge in [-0.15, -0.1) is 6.58 Å². The summed E-state index contributed by atoms with van der Waals surface area (Å²) in [5.41, 5.74) is 4.49. The van der Waals surface area contributed by atoms with Crippen LogP contribution in [0.2, 0.25) is 0 Å². The monoisotopic (exact) mass is 535 g/mol. The number of hydrogen-bond donors (Lipinski definition) is 2. The van der Waals surface area contributed by atoms with Crippen molar-refractivity contribution in [3.05, 3.63) is 76.9 Å². The molecule has 0 aromatic heterocycles. The molecule has 7 heteroatoms. The third kappa shape index (κ3) is 8.70. The Morgan fingerprint density at radius 3 is 2.08 bits per heavy atom. The van der Waals surface area contributed by atoms with E-state index in [0.717, 1.165) is 33.5 Å². The SMILES string of the molecule is C=CCN(C(=O)C(CC(C)C)NC(=O)OC(C)(C)C)C(C(=O)Nc1c(C)cccc1C)c1cccc(C)c1C. The van der Waals surface area contributed by atoms with Gasteiger partial charge in [-0.2, -0.15) is 0 Å². The van der Waals surface area contributed by atoms with E-state index in [9.17, 15) is 14.4 Å². The van der Waals surface area contributed by atoms with Crippen molar-refractivity contribution in [2.45, 2.75) is 86.4 Å². The Balaban J connectivity index is 2.61. The van der Waals surface area contributed by atoms with Crippen molar-refractivity contribution in [3.63, 3.8) is 0 Å². The van der Waals surface area contributed by atoms with Gasteiger partial charge in [0, 0.05) is 12.2 Å². The molecule has 7 nitrogen and oxygen atoms in total. The first-order chi connectivity index (χ1) is 18.2. The zero-order valence-corrected chi connectivity index (χ0v) is 25.0. The normalized spacial score (nSPS) is 12.9. The molecule has 0 saturated heterocycles. The Morgan fingerprint density at radius 2 is 1.54 bits per heavy atom. The number of para-hydroxylation sites is 1. The topological polar surface area (TPSA) is 87.7 Å². The van der Waals surface area contributed by atoms with E-state index in [-0.39, 0.29) is 24.3 Å². The standard InChI is InChI=1S/C32H45N3O4/c1-11-18-35(30(37)26(19-20(2)3)33-31(38)39-32(8,9)10)28(25-17-13-14-21(4)24(25)7)29(36)34-27-22(5)15-12-16-23(27)6/h11-17,20,26,28H,1,18-19H2,2-10H3,(H,33,38)(H,34,36). The molecule has 2 aromatic carbocycles. The average molecular weight is 536 g/mol. The molecule has 2 atom stereocenters. The molecule has 0 aliphatic rings. The minimum Gasteiger partial charge on any atom is -0.444 e. The predicted molar refractivity (Wildman–Crippen MR) is 158 cm³/mol. The second-order valence-corrected chi connectivity index (χ2v) is 11.6. The molecule has 0 aliphatic heterocycles. The number of amides is 3. The lowest BCUT2D eigenvalue weighted by Gasteiger charge is -2.35. The Bertz CT molecular complexity index is 1180. The zero-order valence-electron chi connectivity index (χ0n) is 25.0. The molecule has 0 bridgehead atoms. The van der Waals surface area contributed by atoms with Crippen LogP contribution in [0.4, 0.5) is 10.5 Å². The van der Waals surface area contributed by atoms with Crippen molar-refractivity contribution in [1.29, 1.82) is 0 Å². The van der Waals surface area contributed by atoms with Gasteiger partial charge in [0.2, 0.25) is 5.91 Å². The van der Waals surface area contributed by atoms with Gasteiger partial charge in [0.25, 0.3) is 5.91 Å². The maximum absolute atomic E-state index is 14.2. The van der Waals surface area contributed by atoms with E-state index >= 15 is 0 Å². The number of carbonyl (C=O) groups is 3. The van der Waals surface area contributed by atoms with Crippen molar-refractivity contribution in [1.82, 2.24) is 10.2 Å². The molecule has 39 heavy (non-hydrogen) atoms. The van der Waals surface area contributed by atoms with Crippen molar-refractivity contribution in [2.24, 2.45) is 5.92 Å². The number of ether oxygens (including phenoxy) is 1. The molecule has 2 N–H and O–H groups in total. The molecule has 2 rings (SSSR count). The molecule has 2 aromatic rings. The van der Waals surface area contributed by atoms with Crippen molar-refractivity contribution < 1.29 is 19.1 Å². The van der Waals surface area contributed by atoms with Gasteiger partial charge >= 0.3 is 6.09 Å². The molecular weight excluding hydrogens is 490 g/mol. The van der Waals surface area contributed by atoms with Gasteiger partial charge in [-0.1, -0.05) is 56.3 Å². The van der Waals surface area contributed by atoms with Crippen LogP contribution in [0.1, 0.15) is 74.9 Å². The number of nitrogens with one attached hydrogen (secondary N) is 2. The van der Waals surface area contributed by atoms with Gasteiger partial charge in [0.05, 0.1) is 0 Å². The van der Waals surface area contributed by atoms with Crippen LogP contribution < -0.4 is 10.6 Å². The smallest absolute Gasteiger partial charge is 0.408 e. The van der Waals surface area contributed by atoms with Gasteiger partial charge < -0.3 is 20.3 Å². The quantitative estimate of drug-likeness (QED) is 0.338. The summed E-state index contributed by atoms with van der Waals surface area (Å²) < 4.78 is 5.45. The summed E-state index contributed by atoms with van der Waals surface area (Å²) in [6, 6.07) is 9.71. The molecule has 0 heterocycles. The van der Waals surface area contributed by atoms with E-state index in [2.05, 4.69) is 17.2 Å². The van der Waals surface area contributed by atoms with E-state index in [1.54, 1.807) is 26.8 Å². The minimum absolute atomic E-state index is 0.0991. The number of carbonyl (C=O) groups excluding carboxylic acids is 3. The number of nitrogens with zero attached hydrogens (tertiary/aromatic N) is 1. The van der Waals surface area contributed by atoms with E-state index < -0.39 is 23.8 Å². The maximum Gasteiger partial charge on any atom is 0.408 e. The first-order valence-electron chi connectivity index (χ1n) is 13.5. The van der Waals surface area contributed by atoms with Crippen LogP contribution in [0.3, 0.4) is 0 Å². The fourth-order valence-corrected chi connectivity index (χ4v) is 4.53. The number of hydrogen-bond acceptors (Lipinski definition) is 4. The highest BCUT2D eigenvalue weighted by atomic mass is 16.6. The summed E-state index contributed by atoms with van der Waals surface area (Å²) in [6.07, 6.45) is 1.30.